The van der Waals surface area contributed by atoms with E-state index >= 15 is 0 Å². The van der Waals surface area contributed by atoms with Crippen LogP contribution < -0.4 is 0 Å². The first-order valence-electron chi connectivity index (χ1n) is 14.9. The van der Waals surface area contributed by atoms with Crippen LogP contribution in [0.15, 0.2) is 58.3 Å². The maximum Gasteiger partial charge on any atom is 0.490 e. The van der Waals surface area contributed by atoms with Crippen molar-refractivity contribution in [3.63, 3.8) is 0 Å². The number of halogens is 6. The predicted molar refractivity (Wildman–Crippen MR) is 183 cm³/mol. The SMILES string of the molecule is CC(=O)c1ccc(SCCCCCCSc2ccc(C(C)=O)cc2)cc1.O=C(O)C(F)(F)F.O=C(O)C(F)(F)F.[CH]1[CH][CH][CH][CH]1.[CH]1[CH][CH][CH][CH]1.[Fe].[Fe]. The summed E-state index contributed by atoms with van der Waals surface area (Å²) in [7, 11) is 0. The van der Waals surface area contributed by atoms with Crippen LogP contribution in [0, 0.1) is 64.2 Å². The van der Waals surface area contributed by atoms with Crippen LogP contribution in [0.4, 0.5) is 26.3 Å². The molecule has 2 saturated carbocycles. The van der Waals surface area contributed by atoms with E-state index in [0.29, 0.717) is 0 Å². The van der Waals surface area contributed by atoms with Crippen LogP contribution in [-0.4, -0.2) is 57.6 Å². The number of thioether (sulfide) groups is 2. The van der Waals surface area contributed by atoms with E-state index in [1.807, 2.05) is 136 Å². The average molecular weight is 857 g/mol. The minimum atomic E-state index is -5.08. The zero-order chi connectivity index (χ0) is 38.0. The fourth-order valence-electron chi connectivity index (χ4n) is 3.15. The summed E-state index contributed by atoms with van der Waals surface area (Å²) in [6.07, 6.45) is 14.8. The molecule has 2 aliphatic carbocycles. The van der Waals surface area contributed by atoms with Crippen molar-refractivity contribution in [2.75, 3.05) is 11.5 Å². The first-order valence-corrected chi connectivity index (χ1v) is 16.8. The van der Waals surface area contributed by atoms with Crippen molar-refractivity contribution in [1.29, 1.82) is 0 Å². The summed E-state index contributed by atoms with van der Waals surface area (Å²) in [5, 5.41) is 14.2. The van der Waals surface area contributed by atoms with Gasteiger partial charge in [-0.05, 0) is 127 Å². The first-order chi connectivity index (χ1) is 23.4. The van der Waals surface area contributed by atoms with Crippen LogP contribution in [0.2, 0.25) is 0 Å². The molecule has 0 aliphatic heterocycles. The number of benzene rings is 2. The second kappa shape index (κ2) is 31.4. The molecule has 52 heavy (non-hydrogen) atoms. The molecule has 2 N–H and O–H groups in total. The number of Topliss-reactive ketones (excluding diaryl/α,β-unsaturated/α-hetero) is 2. The maximum atomic E-state index is 11.3. The molecule has 2 fully saturated rings. The molecular formula is C36H38F6Fe2O6S2. The molecule has 6 nitrogen and oxygen atoms in total. The minimum Gasteiger partial charge on any atom is -0.475 e. The Bertz CT molecular complexity index is 1140. The van der Waals surface area contributed by atoms with Crippen LogP contribution in [-0.2, 0) is 43.7 Å². The summed E-state index contributed by atoms with van der Waals surface area (Å²) >= 11 is 3.72. The number of unbranched alkanes of at least 4 members (excludes halogenated alkanes) is 3. The van der Waals surface area contributed by atoms with E-state index in [1.54, 1.807) is 13.8 Å². The van der Waals surface area contributed by atoms with Gasteiger partial charge in [0.25, 0.3) is 0 Å². The molecule has 0 bridgehead atoms. The van der Waals surface area contributed by atoms with Gasteiger partial charge < -0.3 is 10.2 Å². The third kappa shape index (κ3) is 30.5. The Hall–Kier alpha value is -1.96. The van der Waals surface area contributed by atoms with Gasteiger partial charge in [0.05, 0.1) is 0 Å². The number of rotatable bonds is 11. The first kappa shape index (κ1) is 54.4. The van der Waals surface area contributed by atoms with Gasteiger partial charge >= 0.3 is 24.3 Å². The second-order valence-electron chi connectivity index (χ2n) is 9.80. The number of hydrogen-bond donors (Lipinski definition) is 2. The summed E-state index contributed by atoms with van der Waals surface area (Å²) in [6, 6.07) is 15.8. The molecule has 10 radical (unpaired) electrons. The number of carbonyl (C=O) groups is 4. The molecule has 0 spiro atoms. The van der Waals surface area contributed by atoms with Gasteiger partial charge in [-0.1, -0.05) is 37.1 Å². The fourth-order valence-corrected chi connectivity index (χ4v) is 4.98. The smallest absolute Gasteiger partial charge is 0.475 e. The number of hydrogen-bond acceptors (Lipinski definition) is 6. The van der Waals surface area contributed by atoms with Crippen molar-refractivity contribution in [2.24, 2.45) is 0 Å². The van der Waals surface area contributed by atoms with Crippen molar-refractivity contribution >= 4 is 47.0 Å². The number of carbonyl (C=O) groups excluding carboxylic acids is 2. The largest absolute Gasteiger partial charge is 0.490 e. The van der Waals surface area contributed by atoms with E-state index < -0.39 is 24.3 Å². The minimum absolute atomic E-state index is 0. The summed E-state index contributed by atoms with van der Waals surface area (Å²) in [6.45, 7) is 3.20. The van der Waals surface area contributed by atoms with Crippen LogP contribution >= 0.6 is 23.5 Å². The van der Waals surface area contributed by atoms with E-state index in [2.05, 4.69) is 0 Å². The molecular weight excluding hydrogens is 818 g/mol. The zero-order valence-corrected chi connectivity index (χ0v) is 31.8. The fraction of sp³-hybridized carbons (Fsp3) is 0.278. The molecule has 2 aromatic carbocycles. The Morgan fingerprint density at radius 2 is 0.692 bits per heavy atom. The molecule has 0 heterocycles. The third-order valence-electron chi connectivity index (χ3n) is 5.69. The monoisotopic (exact) mass is 856 g/mol. The van der Waals surface area contributed by atoms with E-state index in [0.717, 1.165) is 22.6 Å². The van der Waals surface area contributed by atoms with Crippen molar-refractivity contribution in [1.82, 2.24) is 0 Å². The van der Waals surface area contributed by atoms with Crippen LogP contribution in [0.1, 0.15) is 60.2 Å². The maximum absolute atomic E-state index is 11.3. The molecule has 4 rings (SSSR count). The molecule has 0 aromatic heterocycles. The third-order valence-corrected chi connectivity index (χ3v) is 7.89. The Morgan fingerprint density at radius 1 is 0.481 bits per heavy atom. The molecule has 16 heteroatoms. The van der Waals surface area contributed by atoms with E-state index in [1.165, 1.54) is 35.5 Å². The van der Waals surface area contributed by atoms with Gasteiger partial charge in [-0.3, -0.25) is 9.59 Å². The van der Waals surface area contributed by atoms with Crippen LogP contribution in [0.5, 0.6) is 0 Å². The Kier molecular flexibility index (Phi) is 32.8. The Balaban J connectivity index is -0.000000744. The van der Waals surface area contributed by atoms with Crippen LogP contribution in [0.3, 0.4) is 0 Å². The quantitative estimate of drug-likeness (QED) is 0.0757. The molecule has 0 amide bonds. The molecule has 2 aromatic rings. The second-order valence-corrected chi connectivity index (χ2v) is 12.1. The molecule has 0 unspecified atom stereocenters. The van der Waals surface area contributed by atoms with E-state index in [9.17, 15) is 35.9 Å². The summed E-state index contributed by atoms with van der Waals surface area (Å²) in [4.78, 5) is 42.8. The van der Waals surface area contributed by atoms with Gasteiger partial charge in [-0.15, -0.1) is 23.5 Å². The zero-order valence-electron chi connectivity index (χ0n) is 28.0. The number of alkyl halides is 6. The number of carboxylic acid groups (broad SMARTS) is 2. The van der Waals surface area contributed by atoms with Gasteiger partial charge in [0, 0.05) is 55.1 Å². The number of carboxylic acids is 2. The van der Waals surface area contributed by atoms with Crippen LogP contribution in [0.25, 0.3) is 0 Å². The summed E-state index contributed by atoms with van der Waals surface area (Å²) in [5.41, 5.74) is 1.56. The van der Waals surface area contributed by atoms with Crippen molar-refractivity contribution in [2.45, 2.75) is 61.7 Å². The summed E-state index contributed by atoms with van der Waals surface area (Å²) in [5.74, 6) is -3.03. The standard InChI is InChI=1S/C22H26O2S2.2C5H5.2C2HF3O2.2Fe/c1-17(23)19-7-11-21(12-8-19)25-15-5-3-4-6-16-26-22-13-9-20(10-14-22)18(2)24;2*1-2-4-5-3-1;2*3-2(4,5)1(6)7;;/h7-14H,3-6,15-16H2,1-2H3;2*1-5H;2*(H,6,7);;. The van der Waals surface area contributed by atoms with Gasteiger partial charge in [-0.2, -0.15) is 26.3 Å². The summed E-state index contributed by atoms with van der Waals surface area (Å²) < 4.78 is 63.5. The molecule has 288 valence electrons. The molecule has 0 saturated heterocycles. The number of ketones is 2. The Labute approximate surface area is 332 Å². The molecule has 2 aliphatic rings. The average Bonchev–Trinajstić information content (AvgIpc) is 3.83. The van der Waals surface area contributed by atoms with Crippen molar-refractivity contribution < 1.29 is 89.9 Å². The van der Waals surface area contributed by atoms with E-state index in [-0.39, 0.29) is 45.7 Å². The Morgan fingerprint density at radius 3 is 0.865 bits per heavy atom. The van der Waals surface area contributed by atoms with Gasteiger partial charge in [0.2, 0.25) is 0 Å². The van der Waals surface area contributed by atoms with Crippen molar-refractivity contribution in [3.05, 3.63) is 124 Å². The predicted octanol–water partition coefficient (Wildman–Crippen LogP) is 9.84. The topological polar surface area (TPSA) is 109 Å². The van der Waals surface area contributed by atoms with Crippen molar-refractivity contribution in [3.8, 4) is 0 Å². The number of aliphatic carboxylic acids is 2. The van der Waals surface area contributed by atoms with Gasteiger partial charge in [-0.25, -0.2) is 9.59 Å². The normalized spacial score (nSPS) is 13.0. The molecule has 0 atom stereocenters. The van der Waals surface area contributed by atoms with Gasteiger partial charge in [0.15, 0.2) is 11.6 Å². The van der Waals surface area contributed by atoms with Gasteiger partial charge in [0.1, 0.15) is 0 Å². The van der Waals surface area contributed by atoms with E-state index in [4.69, 9.17) is 19.8 Å².